The zero-order valence-electron chi connectivity index (χ0n) is 13.8. The molecule has 2 amide bonds. The SMILES string of the molecule is N#Cc1cccc(NC(=O)c2cccc(C(=O)NC3CCCC3)c2)c1. The number of benzene rings is 2. The normalized spacial score (nSPS) is 13.9. The molecule has 0 spiro atoms. The van der Waals surface area contributed by atoms with Gasteiger partial charge in [0.25, 0.3) is 11.8 Å². The first-order chi connectivity index (χ1) is 12.2. The quantitative estimate of drug-likeness (QED) is 0.898. The van der Waals surface area contributed by atoms with Gasteiger partial charge in [0.05, 0.1) is 11.6 Å². The fourth-order valence-corrected chi connectivity index (χ4v) is 3.01. The second kappa shape index (κ2) is 7.63. The Kier molecular flexibility index (Phi) is 5.10. The lowest BCUT2D eigenvalue weighted by molar-refractivity contribution is 0.0938. The summed E-state index contributed by atoms with van der Waals surface area (Å²) in [6.07, 6.45) is 4.33. The van der Waals surface area contributed by atoms with Crippen molar-refractivity contribution in [2.24, 2.45) is 0 Å². The van der Waals surface area contributed by atoms with Crippen molar-refractivity contribution in [3.63, 3.8) is 0 Å². The van der Waals surface area contributed by atoms with E-state index in [2.05, 4.69) is 10.6 Å². The van der Waals surface area contributed by atoms with Crippen LogP contribution in [0.5, 0.6) is 0 Å². The van der Waals surface area contributed by atoms with E-state index in [4.69, 9.17) is 5.26 Å². The van der Waals surface area contributed by atoms with E-state index in [1.165, 1.54) is 0 Å². The molecule has 126 valence electrons. The third-order valence-corrected chi connectivity index (χ3v) is 4.33. The van der Waals surface area contributed by atoms with Crippen molar-refractivity contribution in [3.8, 4) is 6.07 Å². The van der Waals surface area contributed by atoms with E-state index in [9.17, 15) is 9.59 Å². The average Bonchev–Trinajstić information content (AvgIpc) is 3.15. The monoisotopic (exact) mass is 333 g/mol. The first kappa shape index (κ1) is 16.7. The summed E-state index contributed by atoms with van der Waals surface area (Å²) in [5.74, 6) is -0.460. The summed E-state index contributed by atoms with van der Waals surface area (Å²) in [4.78, 5) is 24.7. The lowest BCUT2D eigenvalue weighted by Crippen LogP contribution is -2.32. The first-order valence-corrected chi connectivity index (χ1v) is 8.38. The Morgan fingerprint density at radius 3 is 2.36 bits per heavy atom. The van der Waals surface area contributed by atoms with Crippen molar-refractivity contribution in [1.29, 1.82) is 5.26 Å². The molecule has 0 bridgehead atoms. The van der Waals surface area contributed by atoms with Gasteiger partial charge in [-0.1, -0.05) is 25.0 Å². The summed E-state index contributed by atoms with van der Waals surface area (Å²) in [6.45, 7) is 0. The largest absolute Gasteiger partial charge is 0.349 e. The minimum absolute atomic E-state index is 0.145. The molecule has 1 fully saturated rings. The molecule has 5 heteroatoms. The molecule has 0 aliphatic heterocycles. The minimum atomic E-state index is -0.314. The summed E-state index contributed by atoms with van der Waals surface area (Å²) < 4.78 is 0. The van der Waals surface area contributed by atoms with Crippen molar-refractivity contribution >= 4 is 17.5 Å². The maximum absolute atomic E-state index is 12.4. The Labute approximate surface area is 146 Å². The van der Waals surface area contributed by atoms with Gasteiger partial charge in [0.15, 0.2) is 0 Å². The van der Waals surface area contributed by atoms with Crippen molar-refractivity contribution in [2.45, 2.75) is 31.7 Å². The number of nitrogens with zero attached hydrogens (tertiary/aromatic N) is 1. The standard InChI is InChI=1S/C20H19N3O2/c21-13-14-5-3-10-18(11-14)23-20(25)16-7-4-6-15(12-16)19(24)22-17-8-1-2-9-17/h3-7,10-12,17H,1-2,8-9H2,(H,22,24)(H,23,25). The topological polar surface area (TPSA) is 82.0 Å². The third-order valence-electron chi connectivity index (χ3n) is 4.33. The molecule has 0 saturated heterocycles. The van der Waals surface area contributed by atoms with E-state index >= 15 is 0 Å². The van der Waals surface area contributed by atoms with E-state index < -0.39 is 0 Å². The fourth-order valence-electron chi connectivity index (χ4n) is 3.01. The number of anilines is 1. The Morgan fingerprint density at radius 1 is 0.960 bits per heavy atom. The van der Waals surface area contributed by atoms with E-state index in [0.29, 0.717) is 22.4 Å². The summed E-state index contributed by atoms with van der Waals surface area (Å²) in [7, 11) is 0. The summed E-state index contributed by atoms with van der Waals surface area (Å²) in [6, 6.07) is 15.6. The van der Waals surface area contributed by atoms with Crippen molar-refractivity contribution < 1.29 is 9.59 Å². The lowest BCUT2D eigenvalue weighted by atomic mass is 10.1. The van der Waals surface area contributed by atoms with Gasteiger partial charge in [0, 0.05) is 22.9 Å². The number of hydrogen-bond donors (Lipinski definition) is 2. The number of rotatable bonds is 4. The minimum Gasteiger partial charge on any atom is -0.349 e. The molecule has 25 heavy (non-hydrogen) atoms. The highest BCUT2D eigenvalue weighted by molar-refractivity contribution is 6.06. The van der Waals surface area contributed by atoms with E-state index in [-0.39, 0.29) is 17.9 Å². The highest BCUT2D eigenvalue weighted by Gasteiger charge is 2.18. The van der Waals surface area contributed by atoms with E-state index in [1.54, 1.807) is 48.5 Å². The molecule has 5 nitrogen and oxygen atoms in total. The molecular weight excluding hydrogens is 314 g/mol. The predicted molar refractivity (Wildman–Crippen MR) is 95.3 cm³/mol. The fraction of sp³-hybridized carbons (Fsp3) is 0.250. The van der Waals surface area contributed by atoms with Crippen LogP contribution in [0.1, 0.15) is 52.0 Å². The zero-order valence-corrected chi connectivity index (χ0v) is 13.8. The van der Waals surface area contributed by atoms with Gasteiger partial charge in [-0.05, 0) is 49.2 Å². The van der Waals surface area contributed by atoms with Gasteiger partial charge in [-0.2, -0.15) is 5.26 Å². The van der Waals surface area contributed by atoms with Gasteiger partial charge in [-0.15, -0.1) is 0 Å². The highest BCUT2D eigenvalue weighted by atomic mass is 16.2. The van der Waals surface area contributed by atoms with Crippen LogP contribution in [0.15, 0.2) is 48.5 Å². The summed E-state index contributed by atoms with van der Waals surface area (Å²) in [5, 5.41) is 14.7. The van der Waals surface area contributed by atoms with Crippen LogP contribution in [0.4, 0.5) is 5.69 Å². The maximum atomic E-state index is 12.4. The predicted octanol–water partition coefficient (Wildman–Crippen LogP) is 3.48. The molecule has 1 aliphatic carbocycles. The molecule has 2 aromatic carbocycles. The second-order valence-electron chi connectivity index (χ2n) is 6.18. The highest BCUT2D eigenvalue weighted by Crippen LogP contribution is 2.18. The van der Waals surface area contributed by atoms with Crippen LogP contribution in [-0.4, -0.2) is 17.9 Å². The van der Waals surface area contributed by atoms with Crippen LogP contribution in [0.3, 0.4) is 0 Å². The number of nitriles is 1. The van der Waals surface area contributed by atoms with Gasteiger partial charge in [0.2, 0.25) is 0 Å². The van der Waals surface area contributed by atoms with Gasteiger partial charge < -0.3 is 10.6 Å². The number of amides is 2. The third kappa shape index (κ3) is 4.24. The molecule has 1 saturated carbocycles. The molecule has 0 atom stereocenters. The summed E-state index contributed by atoms with van der Waals surface area (Å²) in [5.41, 5.74) is 1.90. The average molecular weight is 333 g/mol. The van der Waals surface area contributed by atoms with Gasteiger partial charge in [0.1, 0.15) is 0 Å². The molecular formula is C20H19N3O2. The van der Waals surface area contributed by atoms with Crippen molar-refractivity contribution in [3.05, 3.63) is 65.2 Å². The zero-order chi connectivity index (χ0) is 17.6. The van der Waals surface area contributed by atoms with Crippen molar-refractivity contribution in [2.75, 3.05) is 5.32 Å². The van der Waals surface area contributed by atoms with Crippen LogP contribution >= 0.6 is 0 Å². The number of carbonyl (C=O) groups is 2. The van der Waals surface area contributed by atoms with E-state index in [0.717, 1.165) is 25.7 Å². The first-order valence-electron chi connectivity index (χ1n) is 8.38. The van der Waals surface area contributed by atoms with Crippen LogP contribution in [0.25, 0.3) is 0 Å². The number of nitrogens with one attached hydrogen (secondary N) is 2. The van der Waals surface area contributed by atoms with Crippen LogP contribution in [0.2, 0.25) is 0 Å². The smallest absolute Gasteiger partial charge is 0.255 e. The van der Waals surface area contributed by atoms with Crippen LogP contribution in [0, 0.1) is 11.3 Å². The van der Waals surface area contributed by atoms with Crippen LogP contribution in [-0.2, 0) is 0 Å². The summed E-state index contributed by atoms with van der Waals surface area (Å²) >= 11 is 0. The molecule has 1 aliphatic rings. The molecule has 2 N–H and O–H groups in total. The Morgan fingerprint density at radius 2 is 1.64 bits per heavy atom. The molecule has 0 aromatic heterocycles. The molecule has 0 radical (unpaired) electrons. The Balaban J connectivity index is 1.70. The lowest BCUT2D eigenvalue weighted by Gasteiger charge is -2.12. The Bertz CT molecular complexity index is 833. The maximum Gasteiger partial charge on any atom is 0.255 e. The van der Waals surface area contributed by atoms with Crippen molar-refractivity contribution in [1.82, 2.24) is 5.32 Å². The molecule has 2 aromatic rings. The molecule has 0 heterocycles. The number of hydrogen-bond acceptors (Lipinski definition) is 3. The number of carbonyl (C=O) groups excluding carboxylic acids is 2. The van der Waals surface area contributed by atoms with Gasteiger partial charge in [-0.25, -0.2) is 0 Å². The van der Waals surface area contributed by atoms with Gasteiger partial charge in [-0.3, -0.25) is 9.59 Å². The second-order valence-corrected chi connectivity index (χ2v) is 6.18. The molecule has 0 unspecified atom stereocenters. The van der Waals surface area contributed by atoms with Crippen LogP contribution < -0.4 is 10.6 Å². The Hall–Kier alpha value is -3.13. The van der Waals surface area contributed by atoms with E-state index in [1.807, 2.05) is 6.07 Å². The molecule has 3 rings (SSSR count). The van der Waals surface area contributed by atoms with Gasteiger partial charge >= 0.3 is 0 Å².